The zero-order valence-corrected chi connectivity index (χ0v) is 13.0. The van der Waals surface area contributed by atoms with Crippen molar-refractivity contribution >= 4 is 11.6 Å². The van der Waals surface area contributed by atoms with Crippen LogP contribution in [0.2, 0.25) is 5.15 Å². The van der Waals surface area contributed by atoms with Crippen LogP contribution in [0.3, 0.4) is 0 Å². The summed E-state index contributed by atoms with van der Waals surface area (Å²) in [5.74, 6) is 0.415. The summed E-state index contributed by atoms with van der Waals surface area (Å²) in [5, 5.41) is 0.203. The van der Waals surface area contributed by atoms with Crippen LogP contribution in [0, 0.1) is 5.92 Å². The molecule has 112 valence electrons. The molecule has 0 saturated heterocycles. The van der Waals surface area contributed by atoms with Crippen molar-refractivity contribution in [1.29, 1.82) is 0 Å². The number of aromatic nitrogens is 2. The van der Waals surface area contributed by atoms with Gasteiger partial charge in [0.15, 0.2) is 0 Å². The van der Waals surface area contributed by atoms with Gasteiger partial charge >= 0.3 is 5.69 Å². The fourth-order valence-electron chi connectivity index (χ4n) is 3.23. The number of halogens is 1. The maximum atomic E-state index is 12.5. The number of nitrogens with one attached hydrogen (secondary N) is 1. The van der Waals surface area contributed by atoms with E-state index in [0.29, 0.717) is 17.9 Å². The smallest absolute Gasteiger partial charge is 0.297 e. The minimum atomic E-state index is -0.377. The van der Waals surface area contributed by atoms with Crippen molar-refractivity contribution in [3.05, 3.63) is 31.6 Å². The molecule has 1 N–H and O–H groups in total. The molecule has 1 aromatic heterocycles. The van der Waals surface area contributed by atoms with Crippen molar-refractivity contribution in [2.24, 2.45) is 5.92 Å². The molecule has 1 heterocycles. The molecule has 0 aromatic carbocycles. The fraction of sp³-hybridized carbons (Fsp3) is 0.733. The highest BCUT2D eigenvalue weighted by Crippen LogP contribution is 2.31. The Morgan fingerprint density at radius 1 is 1.30 bits per heavy atom. The Hall–Kier alpha value is -1.03. The number of aromatic amines is 1. The summed E-state index contributed by atoms with van der Waals surface area (Å²) < 4.78 is 1.38. The summed E-state index contributed by atoms with van der Waals surface area (Å²) in [6, 6.07) is -0.0561. The van der Waals surface area contributed by atoms with Gasteiger partial charge in [0.1, 0.15) is 5.15 Å². The predicted octanol–water partition coefficient (Wildman–Crippen LogP) is 3.28. The van der Waals surface area contributed by atoms with Crippen LogP contribution in [0.4, 0.5) is 0 Å². The van der Waals surface area contributed by atoms with Crippen molar-refractivity contribution in [2.45, 2.75) is 64.8 Å². The second-order valence-electron chi connectivity index (χ2n) is 5.79. The lowest BCUT2D eigenvalue weighted by atomic mass is 9.84. The maximum absolute atomic E-state index is 12.5. The van der Waals surface area contributed by atoms with Gasteiger partial charge in [0.25, 0.3) is 5.56 Å². The highest BCUT2D eigenvalue weighted by Gasteiger charge is 2.25. The van der Waals surface area contributed by atoms with Crippen LogP contribution in [0.5, 0.6) is 0 Å². The first-order chi connectivity index (χ1) is 9.56. The molecular formula is C15H23ClN2O2. The third-order valence-electron chi connectivity index (χ3n) is 4.42. The second-order valence-corrected chi connectivity index (χ2v) is 6.16. The molecule has 4 nitrogen and oxygen atoms in total. The standard InChI is InChI=1S/C15H23ClN2O2/c1-3-7-12-13(16)17-15(20)18(14(12)19)10(2)11-8-5-4-6-9-11/h10-11H,3-9H2,1-2H3,(H,17,20). The van der Waals surface area contributed by atoms with E-state index in [4.69, 9.17) is 11.6 Å². The van der Waals surface area contributed by atoms with Gasteiger partial charge in [-0.1, -0.05) is 44.2 Å². The van der Waals surface area contributed by atoms with Crippen LogP contribution in [-0.2, 0) is 6.42 Å². The van der Waals surface area contributed by atoms with Crippen LogP contribution in [0.25, 0.3) is 0 Å². The second kappa shape index (κ2) is 6.61. The summed E-state index contributed by atoms with van der Waals surface area (Å²) >= 11 is 6.01. The largest absolute Gasteiger partial charge is 0.329 e. The van der Waals surface area contributed by atoms with Gasteiger partial charge < -0.3 is 0 Å². The molecule has 1 aliphatic rings. The summed E-state index contributed by atoms with van der Waals surface area (Å²) in [4.78, 5) is 27.3. The van der Waals surface area contributed by atoms with Crippen LogP contribution >= 0.6 is 11.6 Å². The molecule has 1 aromatic rings. The third kappa shape index (κ3) is 3.00. The highest BCUT2D eigenvalue weighted by molar-refractivity contribution is 6.30. The molecule has 1 fully saturated rings. The van der Waals surface area contributed by atoms with Gasteiger partial charge in [0.2, 0.25) is 0 Å². The predicted molar refractivity (Wildman–Crippen MR) is 81.6 cm³/mol. The SMILES string of the molecule is CCCc1c(Cl)[nH]c(=O)n(C(C)C2CCCCC2)c1=O. The molecule has 1 atom stereocenters. The van der Waals surface area contributed by atoms with E-state index < -0.39 is 0 Å². The van der Waals surface area contributed by atoms with E-state index in [2.05, 4.69) is 4.98 Å². The molecule has 1 unspecified atom stereocenters. The molecule has 0 amide bonds. The van der Waals surface area contributed by atoms with Crippen LogP contribution < -0.4 is 11.2 Å². The van der Waals surface area contributed by atoms with Gasteiger partial charge in [0.05, 0.1) is 5.56 Å². The number of H-pyrrole nitrogens is 1. The molecule has 0 radical (unpaired) electrons. The van der Waals surface area contributed by atoms with E-state index in [-0.39, 0.29) is 22.4 Å². The van der Waals surface area contributed by atoms with E-state index in [1.165, 1.54) is 23.8 Å². The van der Waals surface area contributed by atoms with Gasteiger partial charge in [0, 0.05) is 6.04 Å². The first kappa shape index (κ1) is 15.4. The van der Waals surface area contributed by atoms with Crippen LogP contribution in [-0.4, -0.2) is 9.55 Å². The zero-order chi connectivity index (χ0) is 14.7. The fourth-order valence-corrected chi connectivity index (χ4v) is 3.48. The van der Waals surface area contributed by atoms with Crippen molar-refractivity contribution in [2.75, 3.05) is 0 Å². The summed E-state index contributed by atoms with van der Waals surface area (Å²) in [7, 11) is 0. The van der Waals surface area contributed by atoms with Crippen LogP contribution in [0.15, 0.2) is 9.59 Å². The normalized spacial score (nSPS) is 18.1. The molecule has 1 aliphatic carbocycles. The average Bonchev–Trinajstić information content (AvgIpc) is 2.44. The summed E-state index contributed by atoms with van der Waals surface area (Å²) in [5.41, 5.74) is -0.0481. The van der Waals surface area contributed by atoms with E-state index in [9.17, 15) is 9.59 Å². The Labute approximate surface area is 124 Å². The highest BCUT2D eigenvalue weighted by atomic mass is 35.5. The van der Waals surface area contributed by atoms with Crippen molar-refractivity contribution in [1.82, 2.24) is 9.55 Å². The molecule has 0 spiro atoms. The zero-order valence-electron chi connectivity index (χ0n) is 12.2. The molecule has 0 aliphatic heterocycles. The molecule has 0 bridgehead atoms. The average molecular weight is 299 g/mol. The monoisotopic (exact) mass is 298 g/mol. The van der Waals surface area contributed by atoms with Crippen molar-refractivity contribution < 1.29 is 0 Å². The van der Waals surface area contributed by atoms with Gasteiger partial charge in [-0.05, 0) is 32.1 Å². The lowest BCUT2D eigenvalue weighted by molar-refractivity contribution is 0.254. The first-order valence-corrected chi connectivity index (χ1v) is 7.97. The van der Waals surface area contributed by atoms with E-state index in [1.807, 2.05) is 13.8 Å². The number of nitrogens with zero attached hydrogens (tertiary/aromatic N) is 1. The Bertz CT molecular complexity index is 570. The molecule has 20 heavy (non-hydrogen) atoms. The molecule has 1 saturated carbocycles. The Morgan fingerprint density at radius 2 is 1.95 bits per heavy atom. The van der Waals surface area contributed by atoms with Gasteiger partial charge in [-0.2, -0.15) is 0 Å². The Kier molecular flexibility index (Phi) is 5.08. The van der Waals surface area contributed by atoms with Crippen LogP contribution in [0.1, 0.15) is 64.0 Å². The minimum absolute atomic E-state index is 0.0561. The maximum Gasteiger partial charge on any atom is 0.329 e. The van der Waals surface area contributed by atoms with Gasteiger partial charge in [-0.3, -0.25) is 14.3 Å². The molecular weight excluding hydrogens is 276 g/mol. The molecule has 5 heteroatoms. The Balaban J connectivity index is 2.42. The van der Waals surface area contributed by atoms with E-state index in [1.54, 1.807) is 0 Å². The van der Waals surface area contributed by atoms with Crippen molar-refractivity contribution in [3.8, 4) is 0 Å². The number of rotatable bonds is 4. The quantitative estimate of drug-likeness (QED) is 0.867. The first-order valence-electron chi connectivity index (χ1n) is 7.59. The summed E-state index contributed by atoms with van der Waals surface area (Å²) in [6.45, 7) is 3.98. The third-order valence-corrected chi connectivity index (χ3v) is 4.74. The molecule has 2 rings (SSSR count). The Morgan fingerprint density at radius 3 is 2.55 bits per heavy atom. The minimum Gasteiger partial charge on any atom is -0.297 e. The number of hydrogen-bond donors (Lipinski definition) is 1. The lowest BCUT2D eigenvalue weighted by Gasteiger charge is -2.28. The van der Waals surface area contributed by atoms with Gasteiger partial charge in [-0.25, -0.2) is 4.79 Å². The summed E-state index contributed by atoms with van der Waals surface area (Å²) in [6.07, 6.45) is 7.27. The topological polar surface area (TPSA) is 54.9 Å². The van der Waals surface area contributed by atoms with Crippen molar-refractivity contribution in [3.63, 3.8) is 0 Å². The van der Waals surface area contributed by atoms with Gasteiger partial charge in [-0.15, -0.1) is 0 Å². The number of hydrogen-bond acceptors (Lipinski definition) is 2. The lowest BCUT2D eigenvalue weighted by Crippen LogP contribution is -2.41. The van der Waals surface area contributed by atoms with E-state index in [0.717, 1.165) is 19.3 Å². The van der Waals surface area contributed by atoms with E-state index >= 15 is 0 Å².